The fraction of sp³-hybridized carbons (Fsp3) is 0.727. The molecule has 7 heteroatoms. The summed E-state index contributed by atoms with van der Waals surface area (Å²) in [6, 6.07) is 0. The third-order valence-electron chi connectivity index (χ3n) is 2.73. The van der Waals surface area contributed by atoms with Gasteiger partial charge in [-0.2, -0.15) is 11.8 Å². The maximum absolute atomic E-state index is 12.0. The molecular formula is C11H18N2O3S2. The second kappa shape index (κ2) is 7.02. The molecule has 0 spiro atoms. The fourth-order valence-corrected chi connectivity index (χ4v) is 4.69. The minimum Gasteiger partial charge on any atom is -0.323 e. The van der Waals surface area contributed by atoms with E-state index in [0.29, 0.717) is 18.8 Å². The molecule has 1 aliphatic heterocycles. The van der Waals surface area contributed by atoms with Crippen LogP contribution in [0.5, 0.6) is 0 Å². The van der Waals surface area contributed by atoms with Gasteiger partial charge in [-0.3, -0.25) is 10.1 Å². The van der Waals surface area contributed by atoms with Crippen molar-refractivity contribution in [2.75, 3.05) is 36.9 Å². The van der Waals surface area contributed by atoms with Crippen molar-refractivity contribution in [1.82, 2.24) is 10.2 Å². The second-order valence-corrected chi connectivity index (χ2v) is 7.47. The van der Waals surface area contributed by atoms with Gasteiger partial charge < -0.3 is 4.90 Å². The number of carbonyl (C=O) groups excluding carboxylic acids is 1. The Labute approximate surface area is 113 Å². The van der Waals surface area contributed by atoms with Crippen LogP contribution in [0, 0.1) is 12.3 Å². The molecule has 0 aromatic heterocycles. The molecule has 0 aromatic rings. The Balaban J connectivity index is 2.71. The molecule has 1 saturated heterocycles. The zero-order chi connectivity index (χ0) is 13.6. The van der Waals surface area contributed by atoms with Gasteiger partial charge in [0.25, 0.3) is 0 Å². The van der Waals surface area contributed by atoms with Crippen molar-refractivity contribution in [3.05, 3.63) is 0 Å². The first-order valence-electron chi connectivity index (χ1n) is 5.76. The highest BCUT2D eigenvalue weighted by Crippen LogP contribution is 2.21. The molecule has 18 heavy (non-hydrogen) atoms. The lowest BCUT2D eigenvalue weighted by molar-refractivity contribution is -0.130. The smallest absolute Gasteiger partial charge is 0.237 e. The number of thioether (sulfide) groups is 1. The minimum absolute atomic E-state index is 0.0553. The van der Waals surface area contributed by atoms with Crippen LogP contribution in [0.2, 0.25) is 0 Å². The number of amides is 1. The van der Waals surface area contributed by atoms with Gasteiger partial charge in [0.1, 0.15) is 5.37 Å². The summed E-state index contributed by atoms with van der Waals surface area (Å²) >= 11 is 1.57. The molecule has 1 aliphatic rings. The standard InChI is InChI=1S/C11H18N2O3S2/c1-3-5-12-8-10(14)13-6-7-17-9-11(13)18(15,16)4-2/h1,11-12H,4-9H2,2H3. The Morgan fingerprint density at radius 1 is 1.61 bits per heavy atom. The first-order chi connectivity index (χ1) is 8.53. The van der Waals surface area contributed by atoms with Gasteiger partial charge in [0.05, 0.1) is 13.1 Å². The van der Waals surface area contributed by atoms with Crippen LogP contribution in [0.25, 0.3) is 0 Å². The Hall–Kier alpha value is -0.710. The van der Waals surface area contributed by atoms with Crippen molar-refractivity contribution in [2.45, 2.75) is 12.3 Å². The van der Waals surface area contributed by atoms with Crippen molar-refractivity contribution in [2.24, 2.45) is 0 Å². The normalized spacial score (nSPS) is 20.4. The van der Waals surface area contributed by atoms with Crippen molar-refractivity contribution in [3.8, 4) is 12.3 Å². The van der Waals surface area contributed by atoms with Crippen LogP contribution in [-0.2, 0) is 14.6 Å². The van der Waals surface area contributed by atoms with E-state index in [1.807, 2.05) is 0 Å². The highest BCUT2D eigenvalue weighted by molar-refractivity contribution is 8.01. The van der Waals surface area contributed by atoms with Gasteiger partial charge >= 0.3 is 0 Å². The average Bonchev–Trinajstić information content (AvgIpc) is 2.39. The molecule has 1 N–H and O–H groups in total. The third kappa shape index (κ3) is 3.90. The highest BCUT2D eigenvalue weighted by Gasteiger charge is 2.35. The SMILES string of the molecule is C#CCNCC(=O)N1CCSCC1S(=O)(=O)CC. The molecule has 0 bridgehead atoms. The molecule has 1 rings (SSSR count). The number of carbonyl (C=O) groups is 1. The summed E-state index contributed by atoms with van der Waals surface area (Å²) in [6.07, 6.45) is 5.07. The van der Waals surface area contributed by atoms with Crippen LogP contribution in [0.3, 0.4) is 0 Å². The number of terminal acetylenes is 1. The molecule has 1 heterocycles. The Kier molecular flexibility index (Phi) is 5.99. The number of hydrogen-bond acceptors (Lipinski definition) is 5. The molecule has 0 aliphatic carbocycles. The molecule has 0 aromatic carbocycles. The molecule has 1 unspecified atom stereocenters. The van der Waals surface area contributed by atoms with E-state index < -0.39 is 15.2 Å². The van der Waals surface area contributed by atoms with Crippen LogP contribution in [0.4, 0.5) is 0 Å². The van der Waals surface area contributed by atoms with Gasteiger partial charge in [-0.1, -0.05) is 12.8 Å². The molecule has 0 radical (unpaired) electrons. The monoisotopic (exact) mass is 290 g/mol. The van der Waals surface area contributed by atoms with Gasteiger partial charge in [0, 0.05) is 23.8 Å². The number of nitrogens with zero attached hydrogens (tertiary/aromatic N) is 1. The first-order valence-corrected chi connectivity index (χ1v) is 8.63. The lowest BCUT2D eigenvalue weighted by Crippen LogP contribution is -2.52. The summed E-state index contributed by atoms with van der Waals surface area (Å²) < 4.78 is 23.9. The van der Waals surface area contributed by atoms with E-state index in [2.05, 4.69) is 11.2 Å². The topological polar surface area (TPSA) is 66.5 Å². The molecule has 1 amide bonds. The van der Waals surface area contributed by atoms with Crippen molar-refractivity contribution in [3.63, 3.8) is 0 Å². The van der Waals surface area contributed by atoms with Crippen molar-refractivity contribution >= 4 is 27.5 Å². The summed E-state index contributed by atoms with van der Waals surface area (Å²) in [7, 11) is -3.23. The quantitative estimate of drug-likeness (QED) is 0.548. The molecule has 1 atom stereocenters. The Bertz CT molecular complexity index is 428. The highest BCUT2D eigenvalue weighted by atomic mass is 32.2. The molecule has 0 saturated carbocycles. The summed E-state index contributed by atoms with van der Waals surface area (Å²) in [4.78, 5) is 13.4. The predicted octanol–water partition coefficient (Wildman–Crippen LogP) is -0.455. The van der Waals surface area contributed by atoms with Gasteiger partial charge in [-0.25, -0.2) is 8.42 Å². The number of hydrogen-bond donors (Lipinski definition) is 1. The number of rotatable bonds is 5. The first kappa shape index (κ1) is 15.3. The van der Waals surface area contributed by atoms with Crippen LogP contribution in [0.15, 0.2) is 0 Å². The van der Waals surface area contributed by atoms with Crippen LogP contribution < -0.4 is 5.32 Å². The van der Waals surface area contributed by atoms with Gasteiger partial charge in [0.15, 0.2) is 9.84 Å². The van der Waals surface area contributed by atoms with E-state index in [1.165, 1.54) is 4.90 Å². The Morgan fingerprint density at radius 2 is 2.33 bits per heavy atom. The second-order valence-electron chi connectivity index (χ2n) is 3.88. The molecule has 102 valence electrons. The van der Waals surface area contributed by atoms with Crippen molar-refractivity contribution in [1.29, 1.82) is 0 Å². The molecule has 5 nitrogen and oxygen atoms in total. The zero-order valence-corrected chi connectivity index (χ0v) is 12.0. The predicted molar refractivity (Wildman–Crippen MR) is 74.0 cm³/mol. The Morgan fingerprint density at radius 3 is 2.94 bits per heavy atom. The number of sulfone groups is 1. The van der Waals surface area contributed by atoms with Crippen LogP contribution >= 0.6 is 11.8 Å². The third-order valence-corrected chi connectivity index (χ3v) is 6.01. The van der Waals surface area contributed by atoms with Gasteiger partial charge in [-0.15, -0.1) is 6.42 Å². The minimum atomic E-state index is -3.23. The van der Waals surface area contributed by atoms with Crippen LogP contribution in [0.1, 0.15) is 6.92 Å². The van der Waals surface area contributed by atoms with E-state index >= 15 is 0 Å². The average molecular weight is 290 g/mol. The van der Waals surface area contributed by atoms with Crippen LogP contribution in [-0.4, -0.2) is 61.5 Å². The van der Waals surface area contributed by atoms with E-state index in [1.54, 1.807) is 18.7 Å². The summed E-state index contributed by atoms with van der Waals surface area (Å²) in [5, 5.41) is 2.10. The maximum Gasteiger partial charge on any atom is 0.237 e. The summed E-state index contributed by atoms with van der Waals surface area (Å²) in [6.45, 7) is 2.48. The molecular weight excluding hydrogens is 272 g/mol. The lowest BCUT2D eigenvalue weighted by Gasteiger charge is -2.34. The van der Waals surface area contributed by atoms with E-state index in [-0.39, 0.29) is 18.2 Å². The summed E-state index contributed by atoms with van der Waals surface area (Å²) in [5.41, 5.74) is 0. The summed E-state index contributed by atoms with van der Waals surface area (Å²) in [5.74, 6) is 3.46. The fourth-order valence-electron chi connectivity index (χ4n) is 1.70. The lowest BCUT2D eigenvalue weighted by atomic mass is 10.4. The van der Waals surface area contributed by atoms with Gasteiger partial charge in [-0.05, 0) is 0 Å². The van der Waals surface area contributed by atoms with E-state index in [9.17, 15) is 13.2 Å². The van der Waals surface area contributed by atoms with E-state index in [0.717, 1.165) is 5.75 Å². The van der Waals surface area contributed by atoms with Gasteiger partial charge in [0.2, 0.25) is 5.91 Å². The number of nitrogens with one attached hydrogen (secondary N) is 1. The zero-order valence-electron chi connectivity index (χ0n) is 10.4. The largest absolute Gasteiger partial charge is 0.323 e. The molecule has 1 fully saturated rings. The van der Waals surface area contributed by atoms with Crippen molar-refractivity contribution < 1.29 is 13.2 Å². The maximum atomic E-state index is 12.0. The van der Waals surface area contributed by atoms with E-state index in [4.69, 9.17) is 6.42 Å².